The standard InChI is InChI=1S/C28H35N7O2/c1-20-4-3-5-23(21(20)2)33-12-14-35(15-13-33)28-26(29)27(30-18-31-28)34-10-8-32(9-11-34)17-22-6-7-24-25(16-22)37-19-36-24/h3-7,16,18H,8-15,17,19,29H2,1-2H3. The van der Waals surface area contributed by atoms with Crippen LogP contribution in [-0.4, -0.2) is 74.0 Å². The molecule has 2 saturated heterocycles. The Balaban J connectivity index is 1.08. The van der Waals surface area contributed by atoms with Crippen molar-refractivity contribution in [1.82, 2.24) is 14.9 Å². The first-order chi connectivity index (χ1) is 18.1. The van der Waals surface area contributed by atoms with Gasteiger partial charge in [0.05, 0.1) is 0 Å². The number of nitrogens with two attached hydrogens (primary N) is 1. The van der Waals surface area contributed by atoms with Gasteiger partial charge in [-0.1, -0.05) is 18.2 Å². The first kappa shape index (κ1) is 23.7. The van der Waals surface area contributed by atoms with Crippen molar-refractivity contribution in [1.29, 1.82) is 0 Å². The molecule has 194 valence electrons. The number of hydrogen-bond donors (Lipinski definition) is 1. The van der Waals surface area contributed by atoms with Gasteiger partial charge in [0.2, 0.25) is 6.79 Å². The number of benzene rings is 2. The van der Waals surface area contributed by atoms with Crippen LogP contribution in [0, 0.1) is 13.8 Å². The molecule has 0 aliphatic carbocycles. The van der Waals surface area contributed by atoms with Gasteiger partial charge in [-0.3, -0.25) is 4.90 Å². The number of anilines is 4. The Kier molecular flexibility index (Phi) is 6.38. The number of hydrogen-bond acceptors (Lipinski definition) is 9. The minimum atomic E-state index is 0.307. The van der Waals surface area contributed by atoms with Crippen molar-refractivity contribution in [3.05, 3.63) is 59.4 Å². The van der Waals surface area contributed by atoms with Crippen LogP contribution >= 0.6 is 0 Å². The van der Waals surface area contributed by atoms with Gasteiger partial charge in [-0.15, -0.1) is 0 Å². The Morgan fingerprint density at radius 3 is 2.16 bits per heavy atom. The van der Waals surface area contributed by atoms with E-state index in [1.54, 1.807) is 6.33 Å². The van der Waals surface area contributed by atoms with E-state index in [4.69, 9.17) is 15.2 Å². The van der Waals surface area contributed by atoms with Crippen molar-refractivity contribution in [2.45, 2.75) is 20.4 Å². The molecule has 3 aliphatic rings. The predicted molar refractivity (Wildman–Crippen MR) is 147 cm³/mol. The van der Waals surface area contributed by atoms with Crippen molar-refractivity contribution >= 4 is 23.0 Å². The molecule has 1 aromatic heterocycles. The van der Waals surface area contributed by atoms with Gasteiger partial charge in [0.1, 0.15) is 12.0 Å². The number of nitrogen functional groups attached to an aromatic ring is 1. The average molecular weight is 502 g/mol. The maximum absolute atomic E-state index is 6.68. The summed E-state index contributed by atoms with van der Waals surface area (Å²) in [5.41, 5.74) is 12.6. The summed E-state index contributed by atoms with van der Waals surface area (Å²) >= 11 is 0. The molecule has 0 atom stereocenters. The van der Waals surface area contributed by atoms with Gasteiger partial charge < -0.3 is 29.9 Å². The molecule has 4 heterocycles. The largest absolute Gasteiger partial charge is 0.454 e. The quantitative estimate of drug-likeness (QED) is 0.567. The van der Waals surface area contributed by atoms with Gasteiger partial charge in [-0.05, 0) is 48.7 Å². The van der Waals surface area contributed by atoms with Gasteiger partial charge in [0.15, 0.2) is 23.1 Å². The summed E-state index contributed by atoms with van der Waals surface area (Å²) in [6.45, 7) is 12.9. The van der Waals surface area contributed by atoms with E-state index in [1.807, 2.05) is 6.07 Å². The Morgan fingerprint density at radius 1 is 0.784 bits per heavy atom. The molecule has 0 unspecified atom stereocenters. The third kappa shape index (κ3) is 4.71. The zero-order chi connectivity index (χ0) is 25.4. The third-order valence-electron chi connectivity index (χ3n) is 7.85. The SMILES string of the molecule is Cc1cccc(N2CCN(c3ncnc(N4CCN(Cc5ccc6c(c5)OCO6)CC4)c3N)CC2)c1C. The highest BCUT2D eigenvalue weighted by Crippen LogP contribution is 2.34. The van der Waals surface area contributed by atoms with E-state index in [0.29, 0.717) is 12.5 Å². The predicted octanol–water partition coefficient (Wildman–Crippen LogP) is 3.05. The van der Waals surface area contributed by atoms with Crippen LogP contribution in [-0.2, 0) is 6.54 Å². The highest BCUT2D eigenvalue weighted by atomic mass is 16.7. The van der Waals surface area contributed by atoms with Crippen LogP contribution in [0.1, 0.15) is 16.7 Å². The number of fused-ring (bicyclic) bond motifs is 1. The molecule has 2 N–H and O–H groups in total. The molecule has 3 aromatic rings. The number of aryl methyl sites for hydroxylation is 1. The third-order valence-corrected chi connectivity index (χ3v) is 7.85. The highest BCUT2D eigenvalue weighted by Gasteiger charge is 2.26. The Labute approximate surface area is 218 Å². The lowest BCUT2D eigenvalue weighted by Crippen LogP contribution is -2.48. The minimum absolute atomic E-state index is 0.307. The van der Waals surface area contributed by atoms with Crippen LogP contribution in [0.25, 0.3) is 0 Å². The molecule has 0 amide bonds. The van der Waals surface area contributed by atoms with E-state index in [0.717, 1.165) is 82.0 Å². The van der Waals surface area contributed by atoms with E-state index >= 15 is 0 Å². The van der Waals surface area contributed by atoms with Crippen molar-refractivity contribution in [3.63, 3.8) is 0 Å². The fraction of sp³-hybridized carbons (Fsp3) is 0.429. The van der Waals surface area contributed by atoms with Crippen molar-refractivity contribution < 1.29 is 9.47 Å². The second kappa shape index (κ2) is 9.97. The fourth-order valence-corrected chi connectivity index (χ4v) is 5.53. The molecule has 9 heteroatoms. The topological polar surface area (TPSA) is 83.2 Å². The van der Waals surface area contributed by atoms with Gasteiger partial charge in [0, 0.05) is 64.6 Å². The lowest BCUT2D eigenvalue weighted by Gasteiger charge is -2.39. The van der Waals surface area contributed by atoms with E-state index in [9.17, 15) is 0 Å². The summed E-state index contributed by atoms with van der Waals surface area (Å²) in [4.78, 5) is 18.7. The zero-order valence-corrected chi connectivity index (χ0v) is 21.7. The van der Waals surface area contributed by atoms with Gasteiger partial charge in [0.25, 0.3) is 0 Å². The van der Waals surface area contributed by atoms with Crippen LogP contribution in [0.5, 0.6) is 11.5 Å². The molecule has 2 aromatic carbocycles. The summed E-state index contributed by atoms with van der Waals surface area (Å²) in [6.07, 6.45) is 1.66. The zero-order valence-electron chi connectivity index (χ0n) is 21.7. The molecular formula is C28H35N7O2. The van der Waals surface area contributed by atoms with Crippen LogP contribution in [0.4, 0.5) is 23.0 Å². The summed E-state index contributed by atoms with van der Waals surface area (Å²) in [5.74, 6) is 3.38. The van der Waals surface area contributed by atoms with Crippen LogP contribution in [0.3, 0.4) is 0 Å². The van der Waals surface area contributed by atoms with Crippen LogP contribution in [0.2, 0.25) is 0 Å². The highest BCUT2D eigenvalue weighted by molar-refractivity contribution is 5.76. The lowest BCUT2D eigenvalue weighted by atomic mass is 10.1. The molecular weight excluding hydrogens is 466 g/mol. The maximum Gasteiger partial charge on any atom is 0.231 e. The summed E-state index contributed by atoms with van der Waals surface area (Å²) in [5, 5.41) is 0. The number of nitrogens with zero attached hydrogens (tertiary/aromatic N) is 6. The molecule has 0 bridgehead atoms. The summed E-state index contributed by atoms with van der Waals surface area (Å²) < 4.78 is 11.0. The maximum atomic E-state index is 6.68. The monoisotopic (exact) mass is 501 g/mol. The van der Waals surface area contributed by atoms with E-state index < -0.39 is 0 Å². The molecule has 6 rings (SSSR count). The Bertz CT molecular complexity index is 1270. The van der Waals surface area contributed by atoms with Gasteiger partial charge in [-0.2, -0.15) is 0 Å². The molecule has 3 aliphatic heterocycles. The second-order valence-corrected chi connectivity index (χ2v) is 10.1. The van der Waals surface area contributed by atoms with E-state index in [2.05, 4.69) is 73.7 Å². The first-order valence-corrected chi connectivity index (χ1v) is 13.1. The fourth-order valence-electron chi connectivity index (χ4n) is 5.53. The van der Waals surface area contributed by atoms with Crippen molar-refractivity contribution in [2.24, 2.45) is 0 Å². The Morgan fingerprint density at radius 2 is 1.43 bits per heavy atom. The van der Waals surface area contributed by atoms with Gasteiger partial charge in [-0.25, -0.2) is 9.97 Å². The van der Waals surface area contributed by atoms with E-state index in [-0.39, 0.29) is 0 Å². The summed E-state index contributed by atoms with van der Waals surface area (Å²) in [7, 11) is 0. The molecule has 0 saturated carbocycles. The number of ether oxygens (including phenoxy) is 2. The number of aromatic nitrogens is 2. The van der Waals surface area contributed by atoms with Crippen molar-refractivity contribution in [2.75, 3.05) is 79.6 Å². The van der Waals surface area contributed by atoms with E-state index in [1.165, 1.54) is 22.4 Å². The van der Waals surface area contributed by atoms with Crippen LogP contribution < -0.4 is 29.9 Å². The Hall–Kier alpha value is -3.72. The molecule has 37 heavy (non-hydrogen) atoms. The van der Waals surface area contributed by atoms with Crippen LogP contribution in [0.15, 0.2) is 42.7 Å². The first-order valence-electron chi connectivity index (χ1n) is 13.1. The summed E-state index contributed by atoms with van der Waals surface area (Å²) in [6, 6.07) is 12.8. The van der Waals surface area contributed by atoms with Crippen molar-refractivity contribution in [3.8, 4) is 11.5 Å². The minimum Gasteiger partial charge on any atom is -0.454 e. The smallest absolute Gasteiger partial charge is 0.231 e. The molecule has 0 radical (unpaired) electrons. The average Bonchev–Trinajstić information content (AvgIpc) is 3.39. The normalized spacial score (nSPS) is 17.9. The molecule has 2 fully saturated rings. The lowest BCUT2D eigenvalue weighted by molar-refractivity contribution is 0.174. The molecule has 0 spiro atoms. The number of piperazine rings is 2. The molecule has 9 nitrogen and oxygen atoms in total. The second-order valence-electron chi connectivity index (χ2n) is 10.1. The van der Waals surface area contributed by atoms with Gasteiger partial charge >= 0.3 is 0 Å². The number of rotatable bonds is 5.